The van der Waals surface area contributed by atoms with Crippen LogP contribution in [0.15, 0.2) is 11.6 Å². The minimum atomic E-state index is 0.159. The van der Waals surface area contributed by atoms with Crippen molar-refractivity contribution in [2.45, 2.75) is 71.5 Å². The van der Waals surface area contributed by atoms with E-state index in [2.05, 4.69) is 20.8 Å². The third-order valence-electron chi connectivity index (χ3n) is 9.15. The lowest BCUT2D eigenvalue weighted by Gasteiger charge is -2.57. The fourth-order valence-corrected chi connectivity index (χ4v) is 7.81. The fourth-order valence-electron chi connectivity index (χ4n) is 7.81. The van der Waals surface area contributed by atoms with Gasteiger partial charge in [-0.25, -0.2) is 0 Å². The van der Waals surface area contributed by atoms with Gasteiger partial charge < -0.3 is 9.53 Å². The summed E-state index contributed by atoms with van der Waals surface area (Å²) in [6.45, 7) is 6.98. The Bertz CT molecular complexity index is 666. The first-order valence-electron chi connectivity index (χ1n) is 10.3. The predicted molar refractivity (Wildman–Crippen MR) is 94.9 cm³/mol. The van der Waals surface area contributed by atoms with Gasteiger partial charge in [0, 0.05) is 12.3 Å². The standard InChI is InChI=1S/C22H30O3/c1-12(11-23)14-4-5-15-18-16(7-9-21(14,15)2)22(3)8-6-13(24)10-17(22)19-20(18)25-19/h10-12,14-16,18-20H,4-9H2,1-3H3/t12-,14-,15+,16+,18+,19+,20-,21-,22-/m1/s1. The first kappa shape index (κ1) is 16.2. The summed E-state index contributed by atoms with van der Waals surface area (Å²) in [6.07, 6.45) is 10.3. The van der Waals surface area contributed by atoms with E-state index in [1.165, 1.54) is 37.5 Å². The molecular formula is C22H30O3. The van der Waals surface area contributed by atoms with Crippen LogP contribution < -0.4 is 0 Å². The highest BCUT2D eigenvalue weighted by Gasteiger charge is 2.69. The summed E-state index contributed by atoms with van der Waals surface area (Å²) in [5.41, 5.74) is 1.76. The number of carbonyl (C=O) groups excluding carboxylic acids is 2. The van der Waals surface area contributed by atoms with Gasteiger partial charge in [0.1, 0.15) is 12.4 Å². The van der Waals surface area contributed by atoms with Gasteiger partial charge >= 0.3 is 0 Å². The van der Waals surface area contributed by atoms with Crippen LogP contribution >= 0.6 is 0 Å². The first-order chi connectivity index (χ1) is 11.9. The Kier molecular flexibility index (Phi) is 3.28. The minimum absolute atomic E-state index is 0.159. The van der Waals surface area contributed by atoms with E-state index in [0.717, 1.165) is 6.42 Å². The lowest BCUT2D eigenvalue weighted by atomic mass is 9.46. The molecular weight excluding hydrogens is 312 g/mol. The molecule has 5 aliphatic rings. The Morgan fingerprint density at radius 2 is 2.00 bits per heavy atom. The zero-order valence-corrected chi connectivity index (χ0v) is 15.7. The molecule has 25 heavy (non-hydrogen) atoms. The van der Waals surface area contributed by atoms with Gasteiger partial charge in [-0.2, -0.15) is 0 Å². The quantitative estimate of drug-likeness (QED) is 0.564. The largest absolute Gasteiger partial charge is 0.365 e. The Labute approximate surface area is 150 Å². The van der Waals surface area contributed by atoms with E-state index in [9.17, 15) is 9.59 Å². The second kappa shape index (κ2) is 5.06. The molecule has 4 fully saturated rings. The van der Waals surface area contributed by atoms with Crippen LogP contribution in [0.3, 0.4) is 0 Å². The molecule has 3 heteroatoms. The summed E-state index contributed by atoms with van der Waals surface area (Å²) in [5, 5.41) is 0. The Hall–Kier alpha value is -0.960. The van der Waals surface area contributed by atoms with Gasteiger partial charge in [0.05, 0.1) is 6.10 Å². The Morgan fingerprint density at radius 3 is 2.76 bits per heavy atom. The highest BCUT2D eigenvalue weighted by molar-refractivity contribution is 5.92. The summed E-state index contributed by atoms with van der Waals surface area (Å²) in [7, 11) is 0. The molecule has 9 atom stereocenters. The van der Waals surface area contributed by atoms with Crippen LogP contribution in [0.1, 0.15) is 59.3 Å². The number of epoxide rings is 1. The third kappa shape index (κ3) is 1.97. The topological polar surface area (TPSA) is 46.7 Å². The van der Waals surface area contributed by atoms with E-state index in [1.54, 1.807) is 0 Å². The van der Waals surface area contributed by atoms with E-state index in [1.807, 2.05) is 6.08 Å². The van der Waals surface area contributed by atoms with Crippen LogP contribution in [-0.2, 0) is 14.3 Å². The van der Waals surface area contributed by atoms with Crippen molar-refractivity contribution in [2.75, 3.05) is 0 Å². The van der Waals surface area contributed by atoms with Crippen LogP contribution in [0.5, 0.6) is 0 Å². The van der Waals surface area contributed by atoms with Gasteiger partial charge in [0.2, 0.25) is 0 Å². The average Bonchev–Trinajstić information content (AvgIpc) is 3.30. The second-order valence-electron chi connectivity index (χ2n) is 10.0. The maximum absolute atomic E-state index is 12.0. The van der Waals surface area contributed by atoms with Crippen LogP contribution in [0.2, 0.25) is 0 Å². The van der Waals surface area contributed by atoms with Crippen molar-refractivity contribution >= 4 is 12.1 Å². The van der Waals surface area contributed by atoms with Crippen LogP contribution in [0, 0.1) is 40.4 Å². The molecule has 0 unspecified atom stereocenters. The molecule has 0 amide bonds. The third-order valence-corrected chi connectivity index (χ3v) is 9.15. The number of aldehydes is 1. The van der Waals surface area contributed by atoms with Gasteiger partial charge in [0.25, 0.3) is 0 Å². The molecule has 1 heterocycles. The van der Waals surface area contributed by atoms with Gasteiger partial charge in [-0.15, -0.1) is 0 Å². The van der Waals surface area contributed by atoms with Crippen molar-refractivity contribution in [3.8, 4) is 0 Å². The number of fused-ring (bicyclic) bond motifs is 8. The summed E-state index contributed by atoms with van der Waals surface area (Å²) in [5.74, 6) is 2.96. The van der Waals surface area contributed by atoms with Crippen molar-refractivity contribution in [3.63, 3.8) is 0 Å². The van der Waals surface area contributed by atoms with E-state index in [0.29, 0.717) is 47.4 Å². The van der Waals surface area contributed by atoms with Crippen molar-refractivity contribution < 1.29 is 14.3 Å². The number of hydrogen-bond donors (Lipinski definition) is 0. The minimum Gasteiger partial charge on any atom is -0.365 e. The highest BCUT2D eigenvalue weighted by Crippen LogP contribution is 2.70. The zero-order valence-electron chi connectivity index (χ0n) is 15.7. The lowest BCUT2D eigenvalue weighted by Crippen LogP contribution is -2.53. The molecule has 0 spiro atoms. The average molecular weight is 342 g/mol. The molecule has 1 saturated heterocycles. The molecule has 0 radical (unpaired) electrons. The van der Waals surface area contributed by atoms with Gasteiger partial charge in [0.15, 0.2) is 5.78 Å². The van der Waals surface area contributed by atoms with E-state index in [-0.39, 0.29) is 17.4 Å². The molecule has 4 aliphatic carbocycles. The maximum Gasteiger partial charge on any atom is 0.155 e. The summed E-state index contributed by atoms with van der Waals surface area (Å²) in [6, 6.07) is 0. The van der Waals surface area contributed by atoms with E-state index >= 15 is 0 Å². The molecule has 0 bridgehead atoms. The monoisotopic (exact) mass is 342 g/mol. The van der Waals surface area contributed by atoms with Crippen molar-refractivity contribution in [3.05, 3.63) is 11.6 Å². The normalized spacial score (nSPS) is 54.5. The number of rotatable bonds is 2. The molecule has 1 aliphatic heterocycles. The molecule has 0 aromatic rings. The number of ether oxygens (including phenoxy) is 1. The second-order valence-corrected chi connectivity index (χ2v) is 10.0. The molecule has 136 valence electrons. The van der Waals surface area contributed by atoms with E-state index in [4.69, 9.17) is 4.74 Å². The fraction of sp³-hybridized carbons (Fsp3) is 0.818. The molecule has 0 N–H and O–H groups in total. The molecule has 3 saturated carbocycles. The van der Waals surface area contributed by atoms with Crippen LogP contribution in [0.25, 0.3) is 0 Å². The maximum atomic E-state index is 12.0. The Balaban J connectivity index is 1.52. The van der Waals surface area contributed by atoms with Gasteiger partial charge in [-0.1, -0.05) is 20.8 Å². The predicted octanol–water partition coefficient (Wildman–Crippen LogP) is 3.96. The van der Waals surface area contributed by atoms with E-state index < -0.39 is 0 Å². The van der Waals surface area contributed by atoms with Crippen molar-refractivity contribution in [2.24, 2.45) is 40.4 Å². The zero-order chi connectivity index (χ0) is 17.6. The van der Waals surface area contributed by atoms with Gasteiger partial charge in [-0.3, -0.25) is 4.79 Å². The highest BCUT2D eigenvalue weighted by atomic mass is 16.6. The Morgan fingerprint density at radius 1 is 1.20 bits per heavy atom. The smallest absolute Gasteiger partial charge is 0.155 e. The molecule has 5 rings (SSSR count). The van der Waals surface area contributed by atoms with Crippen molar-refractivity contribution in [1.82, 2.24) is 0 Å². The number of carbonyl (C=O) groups is 2. The molecule has 0 aromatic carbocycles. The van der Waals surface area contributed by atoms with Crippen LogP contribution in [-0.4, -0.2) is 24.3 Å². The summed E-state index contributed by atoms with van der Waals surface area (Å²) >= 11 is 0. The van der Waals surface area contributed by atoms with Crippen molar-refractivity contribution in [1.29, 1.82) is 0 Å². The summed E-state index contributed by atoms with van der Waals surface area (Å²) < 4.78 is 6.22. The first-order valence-corrected chi connectivity index (χ1v) is 10.3. The lowest BCUT2D eigenvalue weighted by molar-refractivity contribution is -0.117. The number of hydrogen-bond acceptors (Lipinski definition) is 3. The summed E-state index contributed by atoms with van der Waals surface area (Å²) in [4.78, 5) is 23.5. The molecule has 3 nitrogen and oxygen atoms in total. The number of ketones is 1. The molecule has 0 aromatic heterocycles. The SMILES string of the molecule is C[C@H](C=O)[C@H]1CC[C@H]2[C@@H]3[C@H]4O[C@H]4C4=CC(=O)CC[C@]4(C)[C@H]3CC[C@]12C. The van der Waals surface area contributed by atoms with Crippen LogP contribution in [0.4, 0.5) is 0 Å². The van der Waals surface area contributed by atoms with Gasteiger partial charge in [-0.05, 0) is 78.3 Å².